The first kappa shape index (κ1) is 21.1. The summed E-state index contributed by atoms with van der Waals surface area (Å²) >= 11 is 0. The number of benzene rings is 2. The zero-order chi connectivity index (χ0) is 20.5. The molecule has 0 saturated heterocycles. The van der Waals surface area contributed by atoms with Crippen molar-refractivity contribution in [2.75, 3.05) is 13.2 Å². The summed E-state index contributed by atoms with van der Waals surface area (Å²) in [6, 6.07) is 10.2. The lowest BCUT2D eigenvalue weighted by Crippen LogP contribution is -2.39. The highest BCUT2D eigenvalue weighted by molar-refractivity contribution is 5.80. The molecule has 0 fully saturated rings. The van der Waals surface area contributed by atoms with Gasteiger partial charge >= 0.3 is 0 Å². The molecule has 0 saturated carbocycles. The maximum Gasteiger partial charge on any atom is 0.255 e. The number of carbonyl (C=O) groups is 1. The molecule has 0 heterocycles. The molecule has 0 aliphatic heterocycles. The lowest BCUT2D eigenvalue weighted by Gasteiger charge is -2.18. The van der Waals surface area contributed by atoms with Crippen LogP contribution in [0.2, 0.25) is 0 Å². The average molecular weight is 390 g/mol. The largest absolute Gasteiger partial charge is 0.484 e. The Hall–Kier alpha value is -3.16. The van der Waals surface area contributed by atoms with Gasteiger partial charge < -0.3 is 21.1 Å². The predicted octanol–water partition coefficient (Wildman–Crippen LogP) is 2.65. The number of nitrogens with two attached hydrogens (primary N) is 1. The Labute approximate surface area is 162 Å². The van der Waals surface area contributed by atoms with Crippen molar-refractivity contribution in [3.63, 3.8) is 0 Å². The van der Waals surface area contributed by atoms with E-state index in [0.717, 1.165) is 11.6 Å². The lowest BCUT2D eigenvalue weighted by atomic mass is 10.1. The number of primary amides is 1. The monoisotopic (exact) mass is 390 g/mol. The Morgan fingerprint density at radius 1 is 1.25 bits per heavy atom. The quantitative estimate of drug-likeness (QED) is 0.478. The van der Waals surface area contributed by atoms with Gasteiger partial charge in [-0.2, -0.15) is 0 Å². The van der Waals surface area contributed by atoms with Crippen LogP contribution in [-0.2, 0) is 11.3 Å². The number of rotatable bonds is 8. The number of aliphatic imine (C=N–C) groups is 1. The molecule has 0 aliphatic rings. The average Bonchev–Trinajstić information content (AvgIpc) is 2.65. The van der Waals surface area contributed by atoms with E-state index in [4.69, 9.17) is 10.5 Å². The number of hydrogen-bond acceptors (Lipinski definition) is 3. The van der Waals surface area contributed by atoms with Crippen LogP contribution in [0.25, 0.3) is 0 Å². The molecular weight excluding hydrogens is 366 g/mol. The molecule has 8 heteroatoms. The van der Waals surface area contributed by atoms with Crippen LogP contribution >= 0.6 is 0 Å². The third-order valence-corrected chi connectivity index (χ3v) is 3.83. The van der Waals surface area contributed by atoms with Crippen molar-refractivity contribution >= 4 is 11.9 Å². The van der Waals surface area contributed by atoms with Gasteiger partial charge in [0.1, 0.15) is 17.4 Å². The summed E-state index contributed by atoms with van der Waals surface area (Å²) in [5, 5.41) is 6.19. The summed E-state index contributed by atoms with van der Waals surface area (Å²) in [6.45, 7) is 4.44. The van der Waals surface area contributed by atoms with Gasteiger partial charge in [-0.25, -0.2) is 13.8 Å². The van der Waals surface area contributed by atoms with Crippen molar-refractivity contribution in [2.24, 2.45) is 10.7 Å². The van der Waals surface area contributed by atoms with Crippen LogP contribution in [0.5, 0.6) is 5.75 Å². The molecule has 2 aromatic carbocycles. The minimum atomic E-state index is -0.618. The number of carbonyl (C=O) groups excluding carboxylic acids is 1. The maximum absolute atomic E-state index is 14.0. The van der Waals surface area contributed by atoms with Gasteiger partial charge in [-0.3, -0.25) is 4.79 Å². The molecular formula is C20H24F2N4O2. The van der Waals surface area contributed by atoms with Gasteiger partial charge in [-0.15, -0.1) is 0 Å². The van der Waals surface area contributed by atoms with E-state index in [0.29, 0.717) is 30.4 Å². The van der Waals surface area contributed by atoms with Crippen molar-refractivity contribution in [1.82, 2.24) is 10.6 Å². The third-order valence-electron chi connectivity index (χ3n) is 3.83. The van der Waals surface area contributed by atoms with Crippen LogP contribution in [0.3, 0.4) is 0 Å². The standard InChI is InChI=1S/C20H24F2N4O2/c1-3-24-20(26-13(2)17-8-7-15(21)10-18(17)22)25-11-14-5-4-6-16(9-14)28-12-19(23)27/h4-10,13H,3,11-12H2,1-2H3,(H2,23,27)(H2,24,25,26). The first-order chi connectivity index (χ1) is 13.4. The zero-order valence-corrected chi connectivity index (χ0v) is 15.8. The fourth-order valence-electron chi connectivity index (χ4n) is 2.51. The molecule has 6 nitrogen and oxygen atoms in total. The van der Waals surface area contributed by atoms with Crippen LogP contribution in [0.15, 0.2) is 47.5 Å². The van der Waals surface area contributed by atoms with Gasteiger partial charge in [0.05, 0.1) is 12.6 Å². The van der Waals surface area contributed by atoms with Crippen molar-refractivity contribution < 1.29 is 18.3 Å². The minimum Gasteiger partial charge on any atom is -0.484 e. The van der Waals surface area contributed by atoms with Crippen molar-refractivity contribution in [1.29, 1.82) is 0 Å². The molecule has 150 valence electrons. The van der Waals surface area contributed by atoms with Gasteiger partial charge in [0.2, 0.25) is 0 Å². The number of nitrogens with zero attached hydrogens (tertiary/aromatic N) is 1. The molecule has 2 aromatic rings. The Morgan fingerprint density at radius 2 is 2.04 bits per heavy atom. The first-order valence-electron chi connectivity index (χ1n) is 8.89. The molecule has 4 N–H and O–H groups in total. The minimum absolute atomic E-state index is 0.197. The predicted molar refractivity (Wildman–Crippen MR) is 104 cm³/mol. The highest BCUT2D eigenvalue weighted by Gasteiger charge is 2.13. The topological polar surface area (TPSA) is 88.7 Å². The number of hydrogen-bond donors (Lipinski definition) is 3. The summed E-state index contributed by atoms with van der Waals surface area (Å²) in [5.41, 5.74) is 6.28. The molecule has 2 rings (SSSR count). The van der Waals surface area contributed by atoms with E-state index >= 15 is 0 Å². The number of guanidine groups is 1. The van der Waals surface area contributed by atoms with Gasteiger partial charge in [0, 0.05) is 18.2 Å². The number of amides is 1. The molecule has 1 atom stereocenters. The van der Waals surface area contributed by atoms with Crippen LogP contribution in [0, 0.1) is 11.6 Å². The number of ether oxygens (including phenoxy) is 1. The second-order valence-corrected chi connectivity index (χ2v) is 6.13. The summed E-state index contributed by atoms with van der Waals surface area (Å²) in [4.78, 5) is 15.3. The zero-order valence-electron chi connectivity index (χ0n) is 15.8. The van der Waals surface area contributed by atoms with Gasteiger partial charge in [-0.05, 0) is 37.6 Å². The van der Waals surface area contributed by atoms with Crippen LogP contribution in [0.4, 0.5) is 8.78 Å². The molecule has 0 radical (unpaired) electrons. The second-order valence-electron chi connectivity index (χ2n) is 6.13. The van der Waals surface area contributed by atoms with Crippen molar-refractivity contribution in [3.05, 3.63) is 65.2 Å². The highest BCUT2D eigenvalue weighted by atomic mass is 19.1. The summed E-state index contributed by atoms with van der Waals surface area (Å²) in [5.74, 6) is -0.778. The summed E-state index contributed by atoms with van der Waals surface area (Å²) in [7, 11) is 0. The van der Waals surface area contributed by atoms with Gasteiger partial charge in [-0.1, -0.05) is 18.2 Å². The van der Waals surface area contributed by atoms with E-state index in [2.05, 4.69) is 15.6 Å². The fourth-order valence-corrected chi connectivity index (χ4v) is 2.51. The van der Waals surface area contributed by atoms with E-state index in [1.54, 1.807) is 25.1 Å². The lowest BCUT2D eigenvalue weighted by molar-refractivity contribution is -0.119. The normalized spacial score (nSPS) is 12.4. The van der Waals surface area contributed by atoms with E-state index in [1.807, 2.05) is 13.0 Å². The van der Waals surface area contributed by atoms with Gasteiger partial charge in [0.25, 0.3) is 5.91 Å². The second kappa shape index (κ2) is 10.2. The number of halogens is 2. The van der Waals surface area contributed by atoms with Crippen molar-refractivity contribution in [2.45, 2.75) is 26.4 Å². The van der Waals surface area contributed by atoms with Crippen LogP contribution < -0.4 is 21.1 Å². The molecule has 1 amide bonds. The third kappa shape index (κ3) is 6.53. The molecule has 1 unspecified atom stereocenters. The van der Waals surface area contributed by atoms with Crippen molar-refractivity contribution in [3.8, 4) is 5.75 Å². The maximum atomic E-state index is 14.0. The molecule has 0 aliphatic carbocycles. The molecule has 0 aromatic heterocycles. The van der Waals surface area contributed by atoms with Gasteiger partial charge in [0.15, 0.2) is 12.6 Å². The van der Waals surface area contributed by atoms with Crippen LogP contribution in [0.1, 0.15) is 31.0 Å². The summed E-state index contributed by atoms with van der Waals surface area (Å²) < 4.78 is 32.4. The Morgan fingerprint density at radius 3 is 2.71 bits per heavy atom. The highest BCUT2D eigenvalue weighted by Crippen LogP contribution is 2.18. The molecule has 0 bridgehead atoms. The Bertz CT molecular complexity index is 843. The molecule has 28 heavy (non-hydrogen) atoms. The smallest absolute Gasteiger partial charge is 0.255 e. The van der Waals surface area contributed by atoms with E-state index in [1.165, 1.54) is 12.1 Å². The molecule has 0 spiro atoms. The number of nitrogens with one attached hydrogen (secondary N) is 2. The SMILES string of the molecule is CCNC(=NCc1cccc(OCC(N)=O)c1)NC(C)c1ccc(F)cc1F. The van der Waals surface area contributed by atoms with E-state index < -0.39 is 23.6 Å². The van der Waals surface area contributed by atoms with Crippen LogP contribution in [-0.4, -0.2) is 25.0 Å². The van der Waals surface area contributed by atoms with E-state index in [-0.39, 0.29) is 6.61 Å². The Kier molecular flexibility index (Phi) is 7.74. The van der Waals surface area contributed by atoms with E-state index in [9.17, 15) is 13.6 Å². The fraction of sp³-hybridized carbons (Fsp3) is 0.300. The first-order valence-corrected chi connectivity index (χ1v) is 8.89. The Balaban J connectivity index is 2.07. The summed E-state index contributed by atoms with van der Waals surface area (Å²) in [6.07, 6.45) is 0.